The van der Waals surface area contributed by atoms with Gasteiger partial charge in [-0.25, -0.2) is 13.6 Å². The monoisotopic (exact) mass is 380 g/mol. The van der Waals surface area contributed by atoms with Crippen molar-refractivity contribution in [3.05, 3.63) is 59.7 Å². The number of fused-ring (bicyclic) bond motifs is 1. The second-order valence-corrected chi connectivity index (χ2v) is 6.82. The number of hydrogen-bond donors (Lipinski definition) is 1. The minimum Gasteiger partial charge on any atom is -0.478 e. The first-order valence-electron chi connectivity index (χ1n) is 7.25. The molecule has 0 saturated heterocycles. The summed E-state index contributed by atoms with van der Waals surface area (Å²) in [6.45, 7) is 0. The van der Waals surface area contributed by atoms with E-state index in [1.54, 1.807) is 6.07 Å². The van der Waals surface area contributed by atoms with Crippen LogP contribution in [0.4, 0.5) is 13.3 Å². The molecular weight excluding hydrogens is 369 g/mol. The van der Waals surface area contributed by atoms with Crippen molar-refractivity contribution in [1.82, 2.24) is 0 Å². The summed E-state index contributed by atoms with van der Waals surface area (Å²) in [6.07, 6.45) is 1.34. The highest BCUT2D eigenvalue weighted by Crippen LogP contribution is 2.41. The van der Waals surface area contributed by atoms with E-state index in [0.29, 0.717) is 17.5 Å². The van der Waals surface area contributed by atoms with Crippen molar-refractivity contribution in [3.63, 3.8) is 0 Å². The van der Waals surface area contributed by atoms with Gasteiger partial charge in [-0.15, -0.1) is 0 Å². The van der Waals surface area contributed by atoms with Crippen molar-refractivity contribution in [3.8, 4) is 16.9 Å². The first kappa shape index (κ1) is 17.9. The number of halogens is 3. The first-order valence-corrected chi connectivity index (χ1v) is 8.80. The molecule has 4 nitrogen and oxygen atoms in total. The van der Waals surface area contributed by atoms with Crippen molar-refractivity contribution >= 4 is 27.5 Å². The third-order valence-corrected chi connectivity index (χ3v) is 4.85. The van der Waals surface area contributed by atoms with E-state index in [-0.39, 0.29) is 21.4 Å². The van der Waals surface area contributed by atoms with E-state index in [1.807, 2.05) is 0 Å². The van der Waals surface area contributed by atoms with Gasteiger partial charge in [-0.1, -0.05) is 12.1 Å². The van der Waals surface area contributed by atoms with E-state index in [0.717, 1.165) is 0 Å². The molecule has 0 fully saturated rings. The van der Waals surface area contributed by atoms with Gasteiger partial charge >= 0.3 is 5.97 Å². The quantitative estimate of drug-likeness (QED) is 0.725. The topological polar surface area (TPSA) is 63.6 Å². The van der Waals surface area contributed by atoms with Crippen molar-refractivity contribution in [2.45, 2.75) is 4.90 Å². The van der Waals surface area contributed by atoms with E-state index in [1.165, 1.54) is 30.5 Å². The van der Waals surface area contributed by atoms with Crippen LogP contribution in [0.3, 0.4) is 0 Å². The Morgan fingerprint density at radius 3 is 2.38 bits per heavy atom. The Bertz CT molecular complexity index is 1060. The summed E-state index contributed by atoms with van der Waals surface area (Å²) in [5, 5.41) is 9.94. The fraction of sp³-hybridized carbons (Fsp3) is 0.0556. The van der Waals surface area contributed by atoms with Gasteiger partial charge < -0.3 is 5.11 Å². The highest BCUT2D eigenvalue weighted by Gasteiger charge is 2.23. The Hall–Kier alpha value is -2.87. The SMILES string of the molecule is CS(=O)c1ccc2ccc(C(=O)O)cc2c1-c1c(F)cc(F)cc1OF. The zero-order valence-corrected chi connectivity index (χ0v) is 14.1. The van der Waals surface area contributed by atoms with Gasteiger partial charge in [0.1, 0.15) is 11.6 Å². The second-order valence-electron chi connectivity index (χ2n) is 5.47. The van der Waals surface area contributed by atoms with Crippen LogP contribution in [0.1, 0.15) is 10.4 Å². The van der Waals surface area contributed by atoms with Gasteiger partial charge in [-0.2, -0.15) is 0 Å². The molecule has 1 N–H and O–H groups in total. The largest absolute Gasteiger partial charge is 0.478 e. The first-order chi connectivity index (χ1) is 12.3. The van der Waals surface area contributed by atoms with Crippen LogP contribution in [0.2, 0.25) is 0 Å². The molecule has 1 atom stereocenters. The maximum Gasteiger partial charge on any atom is 0.335 e. The number of carboxylic acid groups (broad SMARTS) is 1. The number of benzene rings is 3. The van der Waals surface area contributed by atoms with Gasteiger partial charge in [0.15, 0.2) is 5.75 Å². The Morgan fingerprint density at radius 1 is 1.08 bits per heavy atom. The molecule has 1 unspecified atom stereocenters. The lowest BCUT2D eigenvalue weighted by Crippen LogP contribution is -2.00. The molecule has 26 heavy (non-hydrogen) atoms. The Balaban J connectivity index is 2.51. The molecule has 3 aromatic carbocycles. The van der Waals surface area contributed by atoms with Crippen LogP contribution in [0, 0.1) is 11.6 Å². The van der Waals surface area contributed by atoms with Crippen molar-refractivity contribution in [2.24, 2.45) is 0 Å². The van der Waals surface area contributed by atoms with E-state index in [9.17, 15) is 27.4 Å². The molecule has 0 amide bonds. The fourth-order valence-electron chi connectivity index (χ4n) is 2.78. The van der Waals surface area contributed by atoms with Gasteiger partial charge in [-0.05, 0) is 29.0 Å². The number of aromatic carboxylic acids is 1. The number of carboxylic acids is 1. The highest BCUT2D eigenvalue weighted by atomic mass is 32.2. The number of rotatable bonds is 4. The summed E-state index contributed by atoms with van der Waals surface area (Å²) < 4.78 is 53.1. The van der Waals surface area contributed by atoms with Gasteiger partial charge in [0.2, 0.25) is 0 Å². The molecule has 3 aromatic rings. The second kappa shape index (κ2) is 6.80. The lowest BCUT2D eigenvalue weighted by molar-refractivity contribution is -0.00611. The molecule has 0 spiro atoms. The summed E-state index contributed by atoms with van der Waals surface area (Å²) in [5.41, 5.74) is -0.549. The molecule has 0 aliphatic carbocycles. The summed E-state index contributed by atoms with van der Waals surface area (Å²) in [6, 6.07) is 8.33. The van der Waals surface area contributed by atoms with Crippen LogP contribution in [-0.4, -0.2) is 21.5 Å². The molecule has 0 saturated carbocycles. The molecular formula is C18H11F3O4S. The molecule has 8 heteroatoms. The Labute approximate surface area is 148 Å². The van der Waals surface area contributed by atoms with Crippen molar-refractivity contribution in [2.75, 3.05) is 6.26 Å². The summed E-state index contributed by atoms with van der Waals surface area (Å²) in [4.78, 5) is 15.0. The molecule has 134 valence electrons. The van der Waals surface area contributed by atoms with Gasteiger partial charge in [0.05, 0.1) is 21.9 Å². The van der Waals surface area contributed by atoms with Crippen molar-refractivity contribution < 1.29 is 32.4 Å². The third-order valence-electron chi connectivity index (χ3n) is 3.89. The minimum absolute atomic E-state index is 0.0171. The molecule has 0 radical (unpaired) electrons. The van der Waals surface area contributed by atoms with Gasteiger partial charge in [0.25, 0.3) is 0 Å². The van der Waals surface area contributed by atoms with E-state index in [4.69, 9.17) is 0 Å². The smallest absolute Gasteiger partial charge is 0.335 e. The van der Waals surface area contributed by atoms with Crippen LogP contribution in [-0.2, 0) is 10.8 Å². The van der Waals surface area contributed by atoms with Crippen LogP contribution < -0.4 is 4.94 Å². The van der Waals surface area contributed by atoms with Crippen LogP contribution in [0.5, 0.6) is 5.75 Å². The lowest BCUT2D eigenvalue weighted by Gasteiger charge is -2.15. The predicted molar refractivity (Wildman–Crippen MR) is 90.3 cm³/mol. The van der Waals surface area contributed by atoms with Gasteiger partial charge in [0, 0.05) is 33.4 Å². The fourth-order valence-corrected chi connectivity index (χ4v) is 3.54. The normalized spacial score (nSPS) is 12.2. The highest BCUT2D eigenvalue weighted by molar-refractivity contribution is 7.84. The average molecular weight is 380 g/mol. The van der Waals surface area contributed by atoms with Crippen LogP contribution in [0.25, 0.3) is 21.9 Å². The molecule has 3 rings (SSSR count). The molecule has 0 aromatic heterocycles. The Morgan fingerprint density at radius 2 is 1.77 bits per heavy atom. The predicted octanol–water partition coefficient (Wildman–Crippen LogP) is 4.48. The summed E-state index contributed by atoms with van der Waals surface area (Å²) in [7, 11) is -1.62. The molecule has 0 aliphatic heterocycles. The maximum atomic E-state index is 14.5. The number of hydrogen-bond acceptors (Lipinski definition) is 3. The zero-order chi connectivity index (χ0) is 19.0. The van der Waals surface area contributed by atoms with Gasteiger partial charge in [-0.3, -0.25) is 9.15 Å². The Kier molecular flexibility index (Phi) is 4.69. The lowest BCUT2D eigenvalue weighted by atomic mass is 9.95. The molecule has 0 heterocycles. The number of carbonyl (C=O) groups is 1. The third kappa shape index (κ3) is 3.03. The van der Waals surface area contributed by atoms with Crippen LogP contribution >= 0.6 is 0 Å². The van der Waals surface area contributed by atoms with Crippen molar-refractivity contribution in [1.29, 1.82) is 0 Å². The minimum atomic E-state index is -1.62. The molecule has 0 bridgehead atoms. The van der Waals surface area contributed by atoms with E-state index in [2.05, 4.69) is 4.94 Å². The van der Waals surface area contributed by atoms with E-state index >= 15 is 0 Å². The summed E-state index contributed by atoms with van der Waals surface area (Å²) >= 11 is 0. The molecule has 0 aliphatic rings. The standard InChI is InChI=1S/C18H11F3O4S/c1-26(24)15-5-4-9-2-3-10(18(22)23)6-12(9)16(15)17-13(20)7-11(19)8-14(17)25-21/h2-8H,1H3,(H,22,23). The summed E-state index contributed by atoms with van der Waals surface area (Å²) in [5.74, 6) is -4.13. The van der Waals surface area contributed by atoms with Crippen LogP contribution in [0.15, 0.2) is 47.4 Å². The van der Waals surface area contributed by atoms with E-state index < -0.39 is 39.7 Å². The zero-order valence-electron chi connectivity index (χ0n) is 13.3. The average Bonchev–Trinajstić information content (AvgIpc) is 2.59. The maximum absolute atomic E-state index is 14.5.